The van der Waals surface area contributed by atoms with Crippen molar-refractivity contribution in [3.63, 3.8) is 0 Å². The van der Waals surface area contributed by atoms with Gasteiger partial charge < -0.3 is 20.7 Å². The fourth-order valence-electron chi connectivity index (χ4n) is 2.30. The van der Waals surface area contributed by atoms with Gasteiger partial charge in [0.1, 0.15) is 11.6 Å². The summed E-state index contributed by atoms with van der Waals surface area (Å²) in [5.74, 6) is 0.939. The Balaban J connectivity index is 1.78. The molecule has 2 aromatic rings. The normalized spacial score (nSPS) is 11.0. The van der Waals surface area contributed by atoms with Crippen molar-refractivity contribution >= 4 is 11.9 Å². The molecule has 0 atom stereocenters. The van der Waals surface area contributed by atoms with Crippen LogP contribution in [0.15, 0.2) is 53.5 Å². The van der Waals surface area contributed by atoms with E-state index in [0.717, 1.165) is 5.56 Å². The number of carbonyl (C=O) groups excluding carboxylic acids is 1. The molecule has 0 aromatic heterocycles. The van der Waals surface area contributed by atoms with Gasteiger partial charge in [-0.3, -0.25) is 4.79 Å². The molecule has 0 heterocycles. The van der Waals surface area contributed by atoms with Gasteiger partial charge in [-0.25, -0.2) is 9.38 Å². The first-order chi connectivity index (χ1) is 13.1. The van der Waals surface area contributed by atoms with E-state index >= 15 is 0 Å². The van der Waals surface area contributed by atoms with Gasteiger partial charge in [0.15, 0.2) is 5.96 Å². The summed E-state index contributed by atoms with van der Waals surface area (Å²) < 4.78 is 18.0. The highest BCUT2D eigenvalue weighted by atomic mass is 19.1. The zero-order valence-corrected chi connectivity index (χ0v) is 15.6. The minimum atomic E-state index is -0.264. The highest BCUT2D eigenvalue weighted by molar-refractivity contribution is 5.94. The van der Waals surface area contributed by atoms with Gasteiger partial charge in [-0.15, -0.1) is 0 Å². The van der Waals surface area contributed by atoms with E-state index in [9.17, 15) is 9.18 Å². The molecule has 2 aromatic carbocycles. The van der Waals surface area contributed by atoms with Gasteiger partial charge in [0, 0.05) is 25.2 Å². The van der Waals surface area contributed by atoms with Crippen molar-refractivity contribution in [2.45, 2.75) is 13.5 Å². The summed E-state index contributed by atoms with van der Waals surface area (Å²) in [5.41, 5.74) is 1.49. The van der Waals surface area contributed by atoms with Gasteiger partial charge in [-0.1, -0.05) is 12.1 Å². The summed E-state index contributed by atoms with van der Waals surface area (Å²) in [6.45, 7) is 4.10. The molecule has 6 nitrogen and oxygen atoms in total. The number of rotatable bonds is 8. The molecule has 2 rings (SSSR count). The summed E-state index contributed by atoms with van der Waals surface area (Å²) >= 11 is 0. The summed E-state index contributed by atoms with van der Waals surface area (Å²) in [6, 6.07) is 13.2. The van der Waals surface area contributed by atoms with Crippen molar-refractivity contribution in [2.75, 3.05) is 26.7 Å². The van der Waals surface area contributed by atoms with Crippen LogP contribution in [0.1, 0.15) is 22.8 Å². The molecule has 0 aliphatic rings. The number of carbonyl (C=O) groups is 1. The number of hydrogen-bond acceptors (Lipinski definition) is 3. The van der Waals surface area contributed by atoms with E-state index in [1.54, 1.807) is 43.5 Å². The maximum atomic E-state index is 12.9. The van der Waals surface area contributed by atoms with Crippen LogP contribution in [0.5, 0.6) is 5.75 Å². The molecule has 0 aliphatic carbocycles. The number of aliphatic imine (C=N–C) groups is 1. The van der Waals surface area contributed by atoms with Gasteiger partial charge in [0.05, 0.1) is 13.7 Å². The standard InChI is InChI=1S/C20H25FN4O2/c1-3-22-20(25-14-15-4-8-17(21)9-5-15)24-13-12-23-19(26)16-6-10-18(27-2)11-7-16/h4-11H,3,12-14H2,1-2H3,(H,23,26)(H2,22,24,25). The third-order valence-electron chi connectivity index (χ3n) is 3.73. The molecule has 0 bridgehead atoms. The van der Waals surface area contributed by atoms with Crippen LogP contribution in [-0.2, 0) is 6.54 Å². The number of nitrogens with zero attached hydrogens (tertiary/aromatic N) is 1. The highest BCUT2D eigenvalue weighted by Gasteiger charge is 2.05. The largest absolute Gasteiger partial charge is 0.497 e. The summed E-state index contributed by atoms with van der Waals surface area (Å²) in [7, 11) is 1.58. The number of hydrogen-bond donors (Lipinski definition) is 3. The molecule has 0 aliphatic heterocycles. The third kappa shape index (κ3) is 6.97. The van der Waals surface area contributed by atoms with Crippen LogP contribution in [-0.4, -0.2) is 38.6 Å². The number of nitrogens with one attached hydrogen (secondary N) is 3. The van der Waals surface area contributed by atoms with Crippen LogP contribution in [0.4, 0.5) is 4.39 Å². The van der Waals surface area contributed by atoms with E-state index in [0.29, 0.717) is 43.5 Å². The molecule has 0 unspecified atom stereocenters. The molecule has 0 saturated carbocycles. The number of guanidine groups is 1. The molecular formula is C20H25FN4O2. The quantitative estimate of drug-likeness (QED) is 0.378. The second-order valence-corrected chi connectivity index (χ2v) is 5.73. The van der Waals surface area contributed by atoms with E-state index in [1.807, 2.05) is 6.92 Å². The average molecular weight is 372 g/mol. The van der Waals surface area contributed by atoms with Crippen molar-refractivity contribution in [3.8, 4) is 5.75 Å². The summed E-state index contributed by atoms with van der Waals surface area (Å²) in [4.78, 5) is 16.5. The second kappa shape index (κ2) is 10.8. The predicted molar refractivity (Wildman–Crippen MR) is 105 cm³/mol. The Morgan fingerprint density at radius 2 is 1.67 bits per heavy atom. The first kappa shape index (κ1) is 20.2. The molecule has 1 amide bonds. The Hall–Kier alpha value is -3.09. The fourth-order valence-corrected chi connectivity index (χ4v) is 2.30. The van der Waals surface area contributed by atoms with Crippen LogP contribution < -0.4 is 20.7 Å². The molecule has 0 spiro atoms. The van der Waals surface area contributed by atoms with Crippen molar-refractivity contribution in [1.29, 1.82) is 0 Å². The number of amides is 1. The zero-order chi connectivity index (χ0) is 19.5. The van der Waals surface area contributed by atoms with Crippen LogP contribution in [0, 0.1) is 5.82 Å². The minimum absolute atomic E-state index is 0.146. The Labute approximate surface area is 158 Å². The smallest absolute Gasteiger partial charge is 0.251 e. The van der Waals surface area contributed by atoms with E-state index in [2.05, 4.69) is 20.9 Å². The number of halogens is 1. The maximum Gasteiger partial charge on any atom is 0.251 e. The van der Waals surface area contributed by atoms with Crippen molar-refractivity contribution in [2.24, 2.45) is 4.99 Å². The Kier molecular flexibility index (Phi) is 8.09. The van der Waals surface area contributed by atoms with Gasteiger partial charge >= 0.3 is 0 Å². The number of benzene rings is 2. The summed E-state index contributed by atoms with van der Waals surface area (Å²) in [6.07, 6.45) is 0. The molecular weight excluding hydrogens is 347 g/mol. The zero-order valence-electron chi connectivity index (χ0n) is 15.6. The fraction of sp³-hybridized carbons (Fsp3) is 0.300. The summed E-state index contributed by atoms with van der Waals surface area (Å²) in [5, 5.41) is 9.14. The van der Waals surface area contributed by atoms with Crippen LogP contribution >= 0.6 is 0 Å². The molecule has 0 saturated heterocycles. The number of methoxy groups -OCH3 is 1. The van der Waals surface area contributed by atoms with Crippen LogP contribution in [0.25, 0.3) is 0 Å². The SMILES string of the molecule is CCNC(=NCc1ccc(F)cc1)NCCNC(=O)c1ccc(OC)cc1. The van der Waals surface area contributed by atoms with E-state index in [-0.39, 0.29) is 11.7 Å². The van der Waals surface area contributed by atoms with Gasteiger partial charge in [-0.2, -0.15) is 0 Å². The molecule has 144 valence electrons. The number of ether oxygens (including phenoxy) is 1. The first-order valence-electron chi connectivity index (χ1n) is 8.81. The third-order valence-corrected chi connectivity index (χ3v) is 3.73. The molecule has 0 fully saturated rings. The lowest BCUT2D eigenvalue weighted by atomic mass is 10.2. The van der Waals surface area contributed by atoms with Gasteiger partial charge in [0.25, 0.3) is 5.91 Å². The van der Waals surface area contributed by atoms with Gasteiger partial charge in [0.2, 0.25) is 0 Å². The first-order valence-corrected chi connectivity index (χ1v) is 8.81. The maximum absolute atomic E-state index is 12.9. The lowest BCUT2D eigenvalue weighted by Gasteiger charge is -2.12. The van der Waals surface area contributed by atoms with Gasteiger partial charge in [-0.05, 0) is 48.9 Å². The van der Waals surface area contributed by atoms with Crippen molar-refractivity contribution in [1.82, 2.24) is 16.0 Å². The minimum Gasteiger partial charge on any atom is -0.497 e. The highest BCUT2D eigenvalue weighted by Crippen LogP contribution is 2.10. The average Bonchev–Trinajstić information content (AvgIpc) is 2.70. The Morgan fingerprint density at radius 1 is 1.00 bits per heavy atom. The molecule has 0 radical (unpaired) electrons. The van der Waals surface area contributed by atoms with E-state index < -0.39 is 0 Å². The van der Waals surface area contributed by atoms with Crippen molar-refractivity contribution < 1.29 is 13.9 Å². The van der Waals surface area contributed by atoms with Crippen LogP contribution in [0.3, 0.4) is 0 Å². The second-order valence-electron chi connectivity index (χ2n) is 5.73. The van der Waals surface area contributed by atoms with E-state index in [1.165, 1.54) is 12.1 Å². The lowest BCUT2D eigenvalue weighted by molar-refractivity contribution is 0.0954. The Morgan fingerprint density at radius 3 is 2.30 bits per heavy atom. The van der Waals surface area contributed by atoms with Crippen LogP contribution in [0.2, 0.25) is 0 Å². The van der Waals surface area contributed by atoms with Crippen molar-refractivity contribution in [3.05, 3.63) is 65.5 Å². The Bertz CT molecular complexity index is 746. The predicted octanol–water partition coefficient (Wildman–Crippen LogP) is 2.32. The topological polar surface area (TPSA) is 74.8 Å². The van der Waals surface area contributed by atoms with E-state index in [4.69, 9.17) is 4.74 Å². The molecule has 3 N–H and O–H groups in total. The lowest BCUT2D eigenvalue weighted by Crippen LogP contribution is -2.41. The molecule has 27 heavy (non-hydrogen) atoms. The molecule has 7 heteroatoms. The monoisotopic (exact) mass is 372 g/mol.